The average molecular weight is 567 g/mol. The molecule has 0 unspecified atom stereocenters. The number of thiophene rings is 1. The maximum Gasteiger partial charge on any atom is 0.353 e. The Labute approximate surface area is 229 Å². The molecule has 38 heavy (non-hydrogen) atoms. The fourth-order valence-electron chi connectivity index (χ4n) is 8.15. The van der Waals surface area contributed by atoms with Crippen LogP contribution >= 0.6 is 24.0 Å². The van der Waals surface area contributed by atoms with E-state index in [0.717, 1.165) is 17.4 Å². The number of rotatable bonds is 5. The van der Waals surface area contributed by atoms with Crippen molar-refractivity contribution in [2.45, 2.75) is 70.5 Å². The third-order valence-electron chi connectivity index (χ3n) is 9.85. The minimum Gasteiger partial charge on any atom is -0.492 e. The largest absolute Gasteiger partial charge is 0.492 e. The molecular formula is C28H32F2O6S2. The smallest absolute Gasteiger partial charge is 0.353 e. The molecule has 9 atom stereocenters. The molecule has 4 aliphatic rings. The van der Waals surface area contributed by atoms with E-state index in [0.29, 0.717) is 12.4 Å². The first-order chi connectivity index (χ1) is 17.8. The molecular weight excluding hydrogens is 534 g/mol. The summed E-state index contributed by atoms with van der Waals surface area (Å²) in [7, 11) is 0. The number of thiol groups is 1. The van der Waals surface area contributed by atoms with Gasteiger partial charge in [-0.15, -0.1) is 24.0 Å². The van der Waals surface area contributed by atoms with Gasteiger partial charge in [-0.2, -0.15) is 0 Å². The Kier molecular flexibility index (Phi) is 6.51. The normalized spacial score (nSPS) is 43.5. The van der Waals surface area contributed by atoms with Crippen molar-refractivity contribution < 1.29 is 37.7 Å². The monoisotopic (exact) mass is 566 g/mol. The fraction of sp³-hybridized carbons (Fsp3) is 0.607. The molecule has 1 heterocycles. The number of carbonyl (C=O) groups excluding carboxylic acids is 3. The van der Waals surface area contributed by atoms with Crippen LogP contribution in [-0.2, 0) is 14.3 Å². The zero-order valence-corrected chi connectivity index (χ0v) is 23.4. The van der Waals surface area contributed by atoms with E-state index in [1.165, 1.54) is 19.1 Å². The van der Waals surface area contributed by atoms with Crippen LogP contribution in [0.4, 0.5) is 8.78 Å². The number of alkyl halides is 2. The van der Waals surface area contributed by atoms with Crippen LogP contribution < -0.4 is 4.74 Å². The number of carbonyl (C=O) groups is 3. The van der Waals surface area contributed by atoms with Gasteiger partial charge in [-0.3, -0.25) is 9.59 Å². The van der Waals surface area contributed by atoms with Crippen molar-refractivity contribution in [3.05, 3.63) is 40.1 Å². The minimum absolute atomic E-state index is 0.0292. The summed E-state index contributed by atoms with van der Waals surface area (Å²) < 4.78 is 44.7. The lowest BCUT2D eigenvalue weighted by Crippen LogP contribution is -2.70. The Morgan fingerprint density at radius 3 is 2.63 bits per heavy atom. The van der Waals surface area contributed by atoms with Crippen LogP contribution in [0.3, 0.4) is 0 Å². The standard InChI is InChI=1S/C28H32F2O6S2/c1-5-35-20-7-9-38-22(20)23(33)36-28(24(34)37)14(2)10-16-17-12-19(29)18-11-15(31)6-8-25(18,3)27(17,30)21(32)13-26(16,28)4/h6-9,11,14,16-17,19,21,32H,5,10,12-13H2,1-4H3,(H,34,37)/t14-,16+,17+,19+,21+,25+,26+,27+,28+/m1/s1. The summed E-state index contributed by atoms with van der Waals surface area (Å²) in [5.74, 6) is -3.03. The molecule has 3 fully saturated rings. The van der Waals surface area contributed by atoms with Gasteiger partial charge in [0.25, 0.3) is 0 Å². The molecule has 3 saturated carbocycles. The molecule has 1 aromatic rings. The summed E-state index contributed by atoms with van der Waals surface area (Å²) in [5, 5.41) is 12.5. The zero-order valence-electron chi connectivity index (χ0n) is 21.7. The Balaban J connectivity index is 1.59. The van der Waals surface area contributed by atoms with E-state index in [2.05, 4.69) is 12.6 Å². The second kappa shape index (κ2) is 8.99. The molecule has 0 aromatic carbocycles. The van der Waals surface area contributed by atoms with Crippen molar-refractivity contribution in [2.75, 3.05) is 6.61 Å². The Morgan fingerprint density at radius 1 is 1.26 bits per heavy atom. The molecule has 206 valence electrons. The Bertz CT molecular complexity index is 1260. The van der Waals surface area contributed by atoms with Gasteiger partial charge in [0.1, 0.15) is 11.9 Å². The van der Waals surface area contributed by atoms with Crippen LogP contribution in [0.25, 0.3) is 0 Å². The molecule has 6 nitrogen and oxygen atoms in total. The molecule has 10 heteroatoms. The summed E-state index contributed by atoms with van der Waals surface area (Å²) in [4.78, 5) is 39.0. The Morgan fingerprint density at radius 2 is 1.97 bits per heavy atom. The van der Waals surface area contributed by atoms with E-state index in [1.54, 1.807) is 32.2 Å². The van der Waals surface area contributed by atoms with Gasteiger partial charge in [0.15, 0.2) is 21.9 Å². The van der Waals surface area contributed by atoms with Gasteiger partial charge >= 0.3 is 5.97 Å². The molecule has 0 aliphatic heterocycles. The molecule has 4 aliphatic carbocycles. The fourth-order valence-corrected chi connectivity index (χ4v) is 9.38. The second-order valence-electron chi connectivity index (χ2n) is 11.5. The number of hydrogen-bond donors (Lipinski definition) is 2. The maximum absolute atomic E-state index is 17.4. The lowest BCUT2D eigenvalue weighted by molar-refractivity contribution is -0.221. The number of aliphatic hydroxyl groups is 1. The van der Waals surface area contributed by atoms with Crippen molar-refractivity contribution >= 4 is 40.8 Å². The van der Waals surface area contributed by atoms with Crippen molar-refractivity contribution in [3.63, 3.8) is 0 Å². The summed E-state index contributed by atoms with van der Waals surface area (Å²) in [6, 6.07) is 1.64. The Hall–Kier alpha value is -2.04. The number of hydrogen-bond acceptors (Lipinski definition) is 7. The van der Waals surface area contributed by atoms with Gasteiger partial charge in [-0.05, 0) is 68.2 Å². The van der Waals surface area contributed by atoms with Crippen molar-refractivity contribution in [1.29, 1.82) is 0 Å². The van der Waals surface area contributed by atoms with Gasteiger partial charge in [0.2, 0.25) is 5.12 Å². The summed E-state index contributed by atoms with van der Waals surface area (Å²) in [6.07, 6.45) is 0.314. The summed E-state index contributed by atoms with van der Waals surface area (Å²) >= 11 is 5.30. The highest BCUT2D eigenvalue weighted by Gasteiger charge is 2.78. The number of ketones is 1. The average Bonchev–Trinajstić information content (AvgIpc) is 3.39. The van der Waals surface area contributed by atoms with Crippen LogP contribution in [0.1, 0.15) is 56.6 Å². The van der Waals surface area contributed by atoms with Crippen LogP contribution in [0.5, 0.6) is 5.75 Å². The third kappa shape index (κ3) is 3.35. The van der Waals surface area contributed by atoms with E-state index < -0.39 is 69.0 Å². The first kappa shape index (κ1) is 27.5. The van der Waals surface area contributed by atoms with Gasteiger partial charge in [-0.25, -0.2) is 13.6 Å². The number of aliphatic hydroxyl groups excluding tert-OH is 1. The van der Waals surface area contributed by atoms with E-state index in [-0.39, 0.29) is 29.7 Å². The minimum atomic E-state index is -2.29. The third-order valence-corrected chi connectivity index (χ3v) is 11.1. The highest BCUT2D eigenvalue weighted by molar-refractivity contribution is 7.96. The lowest BCUT2D eigenvalue weighted by Gasteiger charge is -2.63. The first-order valence-electron chi connectivity index (χ1n) is 12.9. The number of ether oxygens (including phenoxy) is 2. The highest BCUT2D eigenvalue weighted by Crippen LogP contribution is 2.71. The van der Waals surface area contributed by atoms with Crippen LogP contribution in [0, 0.1) is 28.6 Å². The maximum atomic E-state index is 17.4. The van der Waals surface area contributed by atoms with E-state index in [1.807, 2.05) is 0 Å². The van der Waals surface area contributed by atoms with Gasteiger partial charge in [0.05, 0.1) is 12.7 Å². The zero-order chi connectivity index (χ0) is 27.8. The van der Waals surface area contributed by atoms with Crippen LogP contribution in [0.2, 0.25) is 0 Å². The predicted octanol–water partition coefficient (Wildman–Crippen LogP) is 5.06. The molecule has 0 radical (unpaired) electrons. The molecule has 0 spiro atoms. The topological polar surface area (TPSA) is 89.9 Å². The van der Waals surface area contributed by atoms with Crippen molar-refractivity contribution in [3.8, 4) is 5.75 Å². The van der Waals surface area contributed by atoms with Crippen molar-refractivity contribution in [1.82, 2.24) is 0 Å². The van der Waals surface area contributed by atoms with E-state index in [9.17, 15) is 19.5 Å². The quantitative estimate of drug-likeness (QED) is 0.383. The summed E-state index contributed by atoms with van der Waals surface area (Å²) in [6.45, 7) is 7.09. The molecule has 0 saturated heterocycles. The van der Waals surface area contributed by atoms with Crippen LogP contribution in [0.15, 0.2) is 35.2 Å². The van der Waals surface area contributed by atoms with Gasteiger partial charge < -0.3 is 14.6 Å². The van der Waals surface area contributed by atoms with E-state index in [4.69, 9.17) is 9.47 Å². The number of allylic oxidation sites excluding steroid dienone is 4. The lowest BCUT2D eigenvalue weighted by atomic mass is 9.44. The molecule has 5 rings (SSSR count). The first-order valence-corrected chi connectivity index (χ1v) is 14.2. The highest BCUT2D eigenvalue weighted by atomic mass is 32.1. The molecule has 1 N–H and O–H groups in total. The number of halogens is 2. The SMILES string of the molecule is CCOc1ccsc1C(=O)O[C@]1(C(=O)S)[C@H](C)C[C@H]2[C@@H]3C[C@H](F)C4=CC(=O)C=C[C@]4(C)[C@@]3(F)[C@@H](O)C[C@@]21C. The number of fused-ring (bicyclic) bond motifs is 5. The second-order valence-corrected chi connectivity index (χ2v) is 12.8. The molecule has 0 amide bonds. The summed E-state index contributed by atoms with van der Waals surface area (Å²) in [5.41, 5.74) is -6.81. The van der Waals surface area contributed by atoms with Crippen LogP contribution in [-0.4, -0.2) is 52.1 Å². The van der Waals surface area contributed by atoms with E-state index >= 15 is 8.78 Å². The molecule has 1 aromatic heterocycles. The van der Waals surface area contributed by atoms with Crippen molar-refractivity contribution in [2.24, 2.45) is 28.6 Å². The van der Waals surface area contributed by atoms with Gasteiger partial charge in [0, 0.05) is 22.7 Å². The predicted molar refractivity (Wildman–Crippen MR) is 141 cm³/mol. The number of esters is 1. The molecule has 0 bridgehead atoms. The van der Waals surface area contributed by atoms with Gasteiger partial charge in [-0.1, -0.05) is 19.9 Å².